The average molecular weight is 246 g/mol. The fourth-order valence-electron chi connectivity index (χ4n) is 3.12. The van der Waals surface area contributed by atoms with Gasteiger partial charge < -0.3 is 5.73 Å². The van der Waals surface area contributed by atoms with Crippen LogP contribution in [-0.4, -0.2) is 24.5 Å². The van der Waals surface area contributed by atoms with Crippen molar-refractivity contribution in [2.24, 2.45) is 17.6 Å². The molecule has 0 amide bonds. The number of hydrogen-bond acceptors (Lipinski definition) is 2. The van der Waals surface area contributed by atoms with Crippen molar-refractivity contribution in [2.45, 2.75) is 32.7 Å². The molecular formula is C16H26N2. The Labute approximate surface area is 111 Å². The summed E-state index contributed by atoms with van der Waals surface area (Å²) in [5.74, 6) is 1.59. The molecule has 1 atom stereocenters. The number of nitrogens with two attached hydrogens (primary N) is 1. The van der Waals surface area contributed by atoms with E-state index in [0.29, 0.717) is 0 Å². The summed E-state index contributed by atoms with van der Waals surface area (Å²) in [7, 11) is 0. The highest BCUT2D eigenvalue weighted by Crippen LogP contribution is 2.27. The highest BCUT2D eigenvalue weighted by molar-refractivity contribution is 5.14. The molecule has 2 N–H and O–H groups in total. The van der Waals surface area contributed by atoms with Crippen LogP contribution in [0.15, 0.2) is 30.3 Å². The zero-order valence-corrected chi connectivity index (χ0v) is 11.5. The van der Waals surface area contributed by atoms with Crippen LogP contribution in [0, 0.1) is 11.8 Å². The highest BCUT2D eigenvalue weighted by Gasteiger charge is 2.24. The van der Waals surface area contributed by atoms with Crippen molar-refractivity contribution in [2.75, 3.05) is 19.6 Å². The van der Waals surface area contributed by atoms with Gasteiger partial charge in [0.15, 0.2) is 0 Å². The number of piperidine rings is 1. The van der Waals surface area contributed by atoms with E-state index < -0.39 is 0 Å². The minimum absolute atomic E-state index is 0.740. The van der Waals surface area contributed by atoms with E-state index in [-0.39, 0.29) is 0 Å². The molecule has 1 aromatic rings. The summed E-state index contributed by atoms with van der Waals surface area (Å²) in [6, 6.07) is 10.8. The fraction of sp³-hybridized carbons (Fsp3) is 0.625. The number of likely N-dealkylation sites (tertiary alicyclic amines) is 1. The van der Waals surface area contributed by atoms with Gasteiger partial charge in [-0.1, -0.05) is 43.7 Å². The maximum absolute atomic E-state index is 5.86. The molecule has 1 saturated heterocycles. The van der Waals surface area contributed by atoms with Gasteiger partial charge in [-0.25, -0.2) is 0 Å². The summed E-state index contributed by atoms with van der Waals surface area (Å²) in [5, 5.41) is 0. The molecule has 2 heteroatoms. The van der Waals surface area contributed by atoms with E-state index in [0.717, 1.165) is 24.9 Å². The first-order valence-electron chi connectivity index (χ1n) is 7.29. The van der Waals surface area contributed by atoms with Crippen LogP contribution >= 0.6 is 0 Å². The molecule has 0 aliphatic carbocycles. The third kappa shape index (κ3) is 3.56. The standard InChI is InChI=1S/C16H26N2/c1-2-15(12-17)16-8-10-18(11-9-16)13-14-6-4-3-5-7-14/h3-7,15-16H,2,8-13,17H2,1H3. The van der Waals surface area contributed by atoms with Gasteiger partial charge in [-0.2, -0.15) is 0 Å². The predicted octanol–water partition coefficient (Wildman–Crippen LogP) is 2.88. The molecule has 0 spiro atoms. The van der Waals surface area contributed by atoms with Gasteiger partial charge in [0.05, 0.1) is 0 Å². The van der Waals surface area contributed by atoms with Crippen molar-refractivity contribution in [1.82, 2.24) is 4.90 Å². The summed E-state index contributed by atoms with van der Waals surface area (Å²) in [5.41, 5.74) is 7.29. The van der Waals surface area contributed by atoms with E-state index in [2.05, 4.69) is 42.2 Å². The van der Waals surface area contributed by atoms with Gasteiger partial charge in [-0.05, 0) is 49.9 Å². The van der Waals surface area contributed by atoms with Crippen molar-refractivity contribution < 1.29 is 0 Å². The van der Waals surface area contributed by atoms with Gasteiger partial charge >= 0.3 is 0 Å². The van der Waals surface area contributed by atoms with E-state index in [1.807, 2.05) is 0 Å². The quantitative estimate of drug-likeness (QED) is 0.865. The van der Waals surface area contributed by atoms with Crippen LogP contribution in [0.25, 0.3) is 0 Å². The molecule has 1 aliphatic rings. The van der Waals surface area contributed by atoms with E-state index in [4.69, 9.17) is 5.73 Å². The van der Waals surface area contributed by atoms with Crippen molar-refractivity contribution in [1.29, 1.82) is 0 Å². The number of hydrogen-bond donors (Lipinski definition) is 1. The van der Waals surface area contributed by atoms with Crippen molar-refractivity contribution in [3.05, 3.63) is 35.9 Å². The molecule has 0 aromatic heterocycles. The van der Waals surface area contributed by atoms with Gasteiger partial charge in [-0.3, -0.25) is 4.90 Å². The Morgan fingerprint density at radius 3 is 2.44 bits per heavy atom. The summed E-state index contributed by atoms with van der Waals surface area (Å²) in [6.45, 7) is 6.70. The van der Waals surface area contributed by atoms with Crippen LogP contribution < -0.4 is 5.73 Å². The lowest BCUT2D eigenvalue weighted by Crippen LogP contribution is -2.37. The molecule has 1 heterocycles. The topological polar surface area (TPSA) is 29.3 Å². The van der Waals surface area contributed by atoms with Crippen LogP contribution in [0.3, 0.4) is 0 Å². The summed E-state index contributed by atoms with van der Waals surface area (Å²) in [4.78, 5) is 2.58. The Balaban J connectivity index is 1.80. The first-order chi connectivity index (χ1) is 8.83. The van der Waals surface area contributed by atoms with E-state index >= 15 is 0 Å². The Morgan fingerprint density at radius 2 is 1.89 bits per heavy atom. The van der Waals surface area contributed by atoms with Gasteiger partial charge in [0.1, 0.15) is 0 Å². The number of rotatable bonds is 5. The molecule has 1 aliphatic heterocycles. The SMILES string of the molecule is CCC(CN)C1CCN(Cc2ccccc2)CC1. The Bertz CT molecular complexity index is 324. The van der Waals surface area contributed by atoms with E-state index in [9.17, 15) is 0 Å². The van der Waals surface area contributed by atoms with Gasteiger partial charge in [0.2, 0.25) is 0 Å². The van der Waals surface area contributed by atoms with Gasteiger partial charge in [0, 0.05) is 6.54 Å². The van der Waals surface area contributed by atoms with Crippen molar-refractivity contribution in [3.8, 4) is 0 Å². The summed E-state index contributed by atoms with van der Waals surface area (Å²) in [6.07, 6.45) is 3.88. The smallest absolute Gasteiger partial charge is 0.0233 e. The minimum Gasteiger partial charge on any atom is -0.330 e. The second kappa shape index (κ2) is 6.91. The predicted molar refractivity (Wildman–Crippen MR) is 77.3 cm³/mol. The number of nitrogens with zero attached hydrogens (tertiary/aromatic N) is 1. The second-order valence-corrected chi connectivity index (χ2v) is 5.50. The second-order valence-electron chi connectivity index (χ2n) is 5.50. The molecule has 1 unspecified atom stereocenters. The first-order valence-corrected chi connectivity index (χ1v) is 7.29. The molecule has 2 rings (SSSR count). The van der Waals surface area contributed by atoms with Gasteiger partial charge in [0.25, 0.3) is 0 Å². The van der Waals surface area contributed by atoms with Crippen molar-refractivity contribution in [3.63, 3.8) is 0 Å². The van der Waals surface area contributed by atoms with Gasteiger partial charge in [-0.15, -0.1) is 0 Å². The minimum atomic E-state index is 0.740. The third-order valence-corrected chi connectivity index (χ3v) is 4.38. The molecule has 0 radical (unpaired) electrons. The van der Waals surface area contributed by atoms with E-state index in [1.165, 1.54) is 37.9 Å². The van der Waals surface area contributed by atoms with Crippen LogP contribution in [-0.2, 0) is 6.54 Å². The first kappa shape index (κ1) is 13.6. The highest BCUT2D eigenvalue weighted by atomic mass is 15.1. The monoisotopic (exact) mass is 246 g/mol. The van der Waals surface area contributed by atoms with E-state index in [1.54, 1.807) is 0 Å². The molecule has 2 nitrogen and oxygen atoms in total. The lowest BCUT2D eigenvalue weighted by atomic mass is 9.83. The normalized spacial score (nSPS) is 19.9. The molecule has 0 saturated carbocycles. The summed E-state index contributed by atoms with van der Waals surface area (Å²) < 4.78 is 0. The maximum atomic E-state index is 5.86. The third-order valence-electron chi connectivity index (χ3n) is 4.38. The van der Waals surface area contributed by atoms with Crippen LogP contribution in [0.1, 0.15) is 31.7 Å². The zero-order chi connectivity index (χ0) is 12.8. The molecular weight excluding hydrogens is 220 g/mol. The Hall–Kier alpha value is -0.860. The fourth-order valence-corrected chi connectivity index (χ4v) is 3.12. The summed E-state index contributed by atoms with van der Waals surface area (Å²) >= 11 is 0. The molecule has 100 valence electrons. The van der Waals surface area contributed by atoms with Crippen molar-refractivity contribution >= 4 is 0 Å². The maximum Gasteiger partial charge on any atom is 0.0233 e. The molecule has 1 fully saturated rings. The largest absolute Gasteiger partial charge is 0.330 e. The average Bonchev–Trinajstić information content (AvgIpc) is 2.43. The van der Waals surface area contributed by atoms with Crippen LogP contribution in [0.2, 0.25) is 0 Å². The van der Waals surface area contributed by atoms with Crippen LogP contribution in [0.5, 0.6) is 0 Å². The Kier molecular flexibility index (Phi) is 5.21. The molecule has 0 bridgehead atoms. The molecule has 1 aromatic carbocycles. The van der Waals surface area contributed by atoms with Crippen LogP contribution in [0.4, 0.5) is 0 Å². The molecule has 18 heavy (non-hydrogen) atoms. The zero-order valence-electron chi connectivity index (χ0n) is 11.5. The lowest BCUT2D eigenvalue weighted by molar-refractivity contribution is 0.141. The Morgan fingerprint density at radius 1 is 1.22 bits per heavy atom. The lowest BCUT2D eigenvalue weighted by Gasteiger charge is -2.35. The number of benzene rings is 1.